The van der Waals surface area contributed by atoms with Crippen LogP contribution >= 0.6 is 0 Å². The Morgan fingerprint density at radius 2 is 2.12 bits per heavy atom. The van der Waals surface area contributed by atoms with Gasteiger partial charge in [-0.05, 0) is 12.8 Å². The minimum absolute atomic E-state index is 0.278. The van der Waals surface area contributed by atoms with Crippen LogP contribution in [0.15, 0.2) is 6.20 Å². The van der Waals surface area contributed by atoms with Gasteiger partial charge in [0.05, 0.1) is 23.7 Å². The third kappa shape index (κ3) is 2.11. The van der Waals surface area contributed by atoms with Gasteiger partial charge in [-0.25, -0.2) is 8.42 Å². The summed E-state index contributed by atoms with van der Waals surface area (Å²) in [5, 5.41) is 7.77. The number of fused-ring (bicyclic) bond motifs is 1. The lowest BCUT2D eigenvalue weighted by Crippen LogP contribution is -2.30. The van der Waals surface area contributed by atoms with Crippen LogP contribution < -0.4 is 5.32 Å². The molecule has 0 spiro atoms. The molecule has 0 aliphatic carbocycles. The Morgan fingerprint density at radius 1 is 1.35 bits per heavy atom. The van der Waals surface area contributed by atoms with Gasteiger partial charge in [0.15, 0.2) is 0 Å². The molecule has 0 amide bonds. The van der Waals surface area contributed by atoms with Crippen molar-refractivity contribution in [3.8, 4) is 0 Å². The fourth-order valence-corrected chi connectivity index (χ4v) is 4.18. The highest BCUT2D eigenvalue weighted by atomic mass is 32.2. The summed E-state index contributed by atoms with van der Waals surface area (Å²) in [4.78, 5) is 0. The van der Waals surface area contributed by atoms with Gasteiger partial charge >= 0.3 is 0 Å². The first-order valence-electron chi connectivity index (χ1n) is 6.12. The van der Waals surface area contributed by atoms with Crippen molar-refractivity contribution in [2.75, 3.05) is 18.1 Å². The molecule has 0 radical (unpaired) electrons. The predicted octanol–water partition coefficient (Wildman–Crippen LogP) is 0.278. The molecule has 1 aromatic heterocycles. The van der Waals surface area contributed by atoms with Crippen molar-refractivity contribution in [3.05, 3.63) is 17.5 Å². The molecule has 3 rings (SSSR count). The summed E-state index contributed by atoms with van der Waals surface area (Å²) in [5.74, 6) is 0.620. The van der Waals surface area contributed by atoms with Crippen LogP contribution in [0.5, 0.6) is 0 Å². The fraction of sp³-hybridized carbons (Fsp3) is 0.727. The SMILES string of the molecule is O=S1(=O)CCC(n2ncc3c2CCNC3)CC1. The smallest absolute Gasteiger partial charge is 0.150 e. The van der Waals surface area contributed by atoms with Crippen LogP contribution in [0.1, 0.15) is 30.1 Å². The van der Waals surface area contributed by atoms with Crippen molar-refractivity contribution >= 4 is 9.84 Å². The molecule has 2 aliphatic heterocycles. The van der Waals surface area contributed by atoms with Gasteiger partial charge in [0, 0.05) is 30.8 Å². The zero-order chi connectivity index (χ0) is 11.9. The van der Waals surface area contributed by atoms with Gasteiger partial charge in [-0.1, -0.05) is 0 Å². The largest absolute Gasteiger partial charge is 0.312 e. The summed E-state index contributed by atoms with van der Waals surface area (Å²) >= 11 is 0. The molecule has 0 atom stereocenters. The molecular formula is C11H17N3O2S. The highest BCUT2D eigenvalue weighted by Gasteiger charge is 2.27. The van der Waals surface area contributed by atoms with Crippen LogP contribution in [-0.2, 0) is 22.8 Å². The molecule has 94 valence electrons. The maximum Gasteiger partial charge on any atom is 0.150 e. The topological polar surface area (TPSA) is 64.0 Å². The Balaban J connectivity index is 1.83. The summed E-state index contributed by atoms with van der Waals surface area (Å²) in [6, 6.07) is 0.278. The van der Waals surface area contributed by atoms with Crippen molar-refractivity contribution in [2.24, 2.45) is 0 Å². The quantitative estimate of drug-likeness (QED) is 0.783. The minimum Gasteiger partial charge on any atom is -0.312 e. The predicted molar refractivity (Wildman–Crippen MR) is 64.6 cm³/mol. The third-order valence-electron chi connectivity index (χ3n) is 3.71. The van der Waals surface area contributed by atoms with Gasteiger partial charge in [-0.3, -0.25) is 4.68 Å². The number of nitrogens with one attached hydrogen (secondary N) is 1. The van der Waals surface area contributed by atoms with E-state index < -0.39 is 9.84 Å². The first kappa shape index (κ1) is 11.2. The van der Waals surface area contributed by atoms with E-state index in [1.807, 2.05) is 6.20 Å². The molecule has 6 heteroatoms. The van der Waals surface area contributed by atoms with Crippen molar-refractivity contribution < 1.29 is 8.42 Å². The van der Waals surface area contributed by atoms with E-state index >= 15 is 0 Å². The Morgan fingerprint density at radius 3 is 2.88 bits per heavy atom. The molecule has 1 fully saturated rings. The van der Waals surface area contributed by atoms with Gasteiger partial charge < -0.3 is 5.32 Å². The standard InChI is InChI=1S/C11H17N3O2S/c15-17(16)5-2-10(3-6-17)14-11-1-4-12-7-9(11)8-13-14/h8,10,12H,1-7H2. The molecule has 0 saturated carbocycles. The van der Waals surface area contributed by atoms with E-state index in [0.717, 1.165) is 19.5 Å². The number of hydrogen-bond acceptors (Lipinski definition) is 4. The zero-order valence-corrected chi connectivity index (χ0v) is 10.5. The van der Waals surface area contributed by atoms with Gasteiger partial charge in [0.2, 0.25) is 0 Å². The monoisotopic (exact) mass is 255 g/mol. The van der Waals surface area contributed by atoms with Gasteiger partial charge in [0.25, 0.3) is 0 Å². The normalized spacial score (nSPS) is 24.5. The van der Waals surface area contributed by atoms with E-state index in [-0.39, 0.29) is 6.04 Å². The second kappa shape index (κ2) is 4.10. The second-order valence-corrected chi connectivity index (χ2v) is 7.17. The number of nitrogens with zero attached hydrogens (tertiary/aromatic N) is 2. The van der Waals surface area contributed by atoms with Crippen LogP contribution in [0.3, 0.4) is 0 Å². The van der Waals surface area contributed by atoms with Crippen molar-refractivity contribution in [1.82, 2.24) is 15.1 Å². The van der Waals surface area contributed by atoms with E-state index in [0.29, 0.717) is 24.3 Å². The molecule has 3 heterocycles. The summed E-state index contributed by atoms with van der Waals surface area (Å²) in [5.41, 5.74) is 2.57. The average molecular weight is 255 g/mol. The van der Waals surface area contributed by atoms with E-state index in [1.165, 1.54) is 11.3 Å². The summed E-state index contributed by atoms with van der Waals surface area (Å²) < 4.78 is 24.9. The van der Waals surface area contributed by atoms with E-state index in [1.54, 1.807) is 0 Å². The number of sulfone groups is 1. The number of rotatable bonds is 1. The fourth-order valence-electron chi connectivity index (χ4n) is 2.71. The van der Waals surface area contributed by atoms with Crippen molar-refractivity contribution in [2.45, 2.75) is 31.8 Å². The second-order valence-electron chi connectivity index (χ2n) is 4.87. The lowest BCUT2D eigenvalue weighted by atomic mass is 10.1. The molecular weight excluding hydrogens is 238 g/mol. The lowest BCUT2D eigenvalue weighted by Gasteiger charge is -2.25. The number of aromatic nitrogens is 2. The molecule has 1 aromatic rings. The highest BCUT2D eigenvalue weighted by Crippen LogP contribution is 2.26. The van der Waals surface area contributed by atoms with Gasteiger partial charge in [-0.2, -0.15) is 5.10 Å². The molecule has 1 N–H and O–H groups in total. The Kier molecular flexibility index (Phi) is 2.71. The molecule has 17 heavy (non-hydrogen) atoms. The van der Waals surface area contributed by atoms with Crippen LogP contribution in [0, 0.1) is 0 Å². The average Bonchev–Trinajstić information content (AvgIpc) is 2.73. The maximum absolute atomic E-state index is 11.4. The van der Waals surface area contributed by atoms with Crippen LogP contribution in [0.25, 0.3) is 0 Å². The zero-order valence-electron chi connectivity index (χ0n) is 9.72. The summed E-state index contributed by atoms with van der Waals surface area (Å²) in [6.07, 6.45) is 4.34. The first-order chi connectivity index (χ1) is 8.16. The van der Waals surface area contributed by atoms with Crippen LogP contribution in [0.4, 0.5) is 0 Å². The van der Waals surface area contributed by atoms with Gasteiger partial charge in [-0.15, -0.1) is 0 Å². The highest BCUT2D eigenvalue weighted by molar-refractivity contribution is 7.91. The Bertz CT molecular complexity index is 507. The van der Waals surface area contributed by atoms with E-state index in [9.17, 15) is 8.42 Å². The van der Waals surface area contributed by atoms with E-state index in [4.69, 9.17) is 0 Å². The summed E-state index contributed by atoms with van der Waals surface area (Å²) in [6.45, 7) is 1.88. The van der Waals surface area contributed by atoms with Gasteiger partial charge in [0.1, 0.15) is 9.84 Å². The van der Waals surface area contributed by atoms with Crippen LogP contribution in [-0.4, -0.2) is 36.2 Å². The third-order valence-corrected chi connectivity index (χ3v) is 5.42. The maximum atomic E-state index is 11.4. The first-order valence-corrected chi connectivity index (χ1v) is 7.94. The molecule has 0 aromatic carbocycles. The lowest BCUT2D eigenvalue weighted by molar-refractivity contribution is 0.396. The number of hydrogen-bond donors (Lipinski definition) is 1. The molecule has 0 unspecified atom stereocenters. The van der Waals surface area contributed by atoms with Crippen LogP contribution in [0.2, 0.25) is 0 Å². The van der Waals surface area contributed by atoms with E-state index in [2.05, 4.69) is 15.1 Å². The molecule has 1 saturated heterocycles. The molecule has 0 bridgehead atoms. The Labute approximate surface area is 101 Å². The van der Waals surface area contributed by atoms with Crippen molar-refractivity contribution in [1.29, 1.82) is 0 Å². The summed E-state index contributed by atoms with van der Waals surface area (Å²) in [7, 11) is -2.78. The Hall–Kier alpha value is -0.880. The molecule has 5 nitrogen and oxygen atoms in total. The van der Waals surface area contributed by atoms with Crippen molar-refractivity contribution in [3.63, 3.8) is 0 Å². The minimum atomic E-state index is -2.78. The molecule has 2 aliphatic rings.